The van der Waals surface area contributed by atoms with Gasteiger partial charge in [0.05, 0.1) is 5.69 Å². The van der Waals surface area contributed by atoms with Gasteiger partial charge in [-0.25, -0.2) is 0 Å². The van der Waals surface area contributed by atoms with E-state index in [4.69, 9.17) is 4.74 Å². The first kappa shape index (κ1) is 32.2. The summed E-state index contributed by atoms with van der Waals surface area (Å²) >= 11 is 0. The van der Waals surface area contributed by atoms with E-state index in [-0.39, 0.29) is 12.1 Å². The highest BCUT2D eigenvalue weighted by Gasteiger charge is 2.45. The summed E-state index contributed by atoms with van der Waals surface area (Å²) in [5.74, 6) is 1.86. The van der Waals surface area contributed by atoms with E-state index >= 15 is 0 Å². The number of nitrogens with zero attached hydrogens (tertiary/aromatic N) is 2. The number of fused-ring (bicyclic) bond motifs is 10. The molecule has 4 heteroatoms. The van der Waals surface area contributed by atoms with Crippen LogP contribution in [0.1, 0.15) is 25.0 Å². The molecule has 0 fully saturated rings. The molecule has 57 heavy (non-hydrogen) atoms. The number of ether oxygens (including phenoxy) is 1. The molecule has 9 aromatic carbocycles. The van der Waals surface area contributed by atoms with Crippen molar-refractivity contribution in [2.24, 2.45) is 0 Å². The zero-order valence-electron chi connectivity index (χ0n) is 31.8. The Hall–Kier alpha value is -7.04. The Bertz CT molecular complexity index is 3100. The van der Waals surface area contributed by atoms with Gasteiger partial charge in [0.2, 0.25) is 0 Å². The molecule has 0 atom stereocenters. The van der Waals surface area contributed by atoms with Gasteiger partial charge in [0, 0.05) is 39.2 Å². The van der Waals surface area contributed by atoms with Crippen molar-refractivity contribution in [3.63, 3.8) is 0 Å². The molecule has 1 aliphatic carbocycles. The largest absolute Gasteiger partial charge is 0.458 e. The van der Waals surface area contributed by atoms with Crippen LogP contribution in [0.25, 0.3) is 32.7 Å². The standard InChI is InChI=1S/C53H37BN2O/c1-53(2)42-32-45-50(57-49-27-15-26-47-52(49)54(45)44-24-13-14-25-46(44)56(47)37-20-7-4-8-21-37)31-41(42)51-40-23-12-11-22-39(40)48(33-43(51)53)55(36-18-5-3-6-19-36)38-29-28-34-16-9-10-17-35(34)30-38/h3-33H,1-2H3. The lowest BCUT2D eigenvalue weighted by molar-refractivity contribution is 0.487. The molecular formula is C53H37BN2O. The lowest BCUT2D eigenvalue weighted by Crippen LogP contribution is -2.59. The summed E-state index contributed by atoms with van der Waals surface area (Å²) in [7, 11) is 0. The molecule has 0 aromatic heterocycles. The molecule has 9 aromatic rings. The highest BCUT2D eigenvalue weighted by molar-refractivity contribution is 6.99. The third kappa shape index (κ3) is 4.62. The molecule has 0 spiro atoms. The van der Waals surface area contributed by atoms with E-state index in [9.17, 15) is 0 Å². The lowest BCUT2D eigenvalue weighted by Gasteiger charge is -2.40. The summed E-state index contributed by atoms with van der Waals surface area (Å²) in [5, 5.41) is 4.92. The minimum atomic E-state index is -0.283. The van der Waals surface area contributed by atoms with E-state index < -0.39 is 0 Å². The van der Waals surface area contributed by atoms with E-state index in [1.807, 2.05) is 0 Å². The molecule has 0 N–H and O–H groups in total. The first-order valence-corrected chi connectivity index (χ1v) is 19.9. The minimum absolute atomic E-state index is 0.0368. The zero-order chi connectivity index (χ0) is 37.8. The first-order valence-electron chi connectivity index (χ1n) is 19.9. The van der Waals surface area contributed by atoms with Gasteiger partial charge in [-0.3, -0.25) is 0 Å². The minimum Gasteiger partial charge on any atom is -0.458 e. The van der Waals surface area contributed by atoms with Crippen molar-refractivity contribution in [1.82, 2.24) is 0 Å². The number of hydrogen-bond acceptors (Lipinski definition) is 3. The van der Waals surface area contributed by atoms with Crippen LogP contribution in [0.5, 0.6) is 11.5 Å². The summed E-state index contributed by atoms with van der Waals surface area (Å²) in [6.07, 6.45) is 0. The molecule has 2 heterocycles. The predicted octanol–water partition coefficient (Wildman–Crippen LogP) is 12.2. The smallest absolute Gasteiger partial charge is 0.256 e. The first-order chi connectivity index (χ1) is 28.0. The third-order valence-corrected chi connectivity index (χ3v) is 12.6. The Labute approximate surface area is 333 Å². The normalized spacial score (nSPS) is 14.0. The Kier molecular flexibility index (Phi) is 6.77. The fourth-order valence-corrected chi connectivity index (χ4v) is 10.0. The van der Waals surface area contributed by atoms with Crippen LogP contribution in [-0.2, 0) is 5.41 Å². The summed E-state index contributed by atoms with van der Waals surface area (Å²) in [6.45, 7) is 4.84. The molecule has 12 rings (SSSR count). The second-order valence-electron chi connectivity index (χ2n) is 16.1. The maximum Gasteiger partial charge on any atom is 0.256 e. The average Bonchev–Trinajstić information content (AvgIpc) is 3.48. The fraction of sp³-hybridized carbons (Fsp3) is 0.0566. The highest BCUT2D eigenvalue weighted by atomic mass is 16.5. The summed E-state index contributed by atoms with van der Waals surface area (Å²) in [5.41, 5.74) is 15.6. The van der Waals surface area contributed by atoms with Gasteiger partial charge in [-0.15, -0.1) is 0 Å². The second kappa shape index (κ2) is 12.0. The Morgan fingerprint density at radius 1 is 0.509 bits per heavy atom. The van der Waals surface area contributed by atoms with E-state index in [2.05, 4.69) is 212 Å². The number of para-hydroxylation sites is 3. The molecule has 0 radical (unpaired) electrons. The van der Waals surface area contributed by atoms with E-state index in [1.165, 1.54) is 77.2 Å². The van der Waals surface area contributed by atoms with Crippen LogP contribution in [0.15, 0.2) is 188 Å². The molecule has 0 amide bonds. The van der Waals surface area contributed by atoms with Crippen molar-refractivity contribution in [2.45, 2.75) is 19.3 Å². The monoisotopic (exact) mass is 728 g/mol. The van der Waals surface area contributed by atoms with Gasteiger partial charge in [0.1, 0.15) is 11.5 Å². The summed E-state index contributed by atoms with van der Waals surface area (Å²) < 4.78 is 7.02. The molecular weight excluding hydrogens is 691 g/mol. The molecule has 0 saturated heterocycles. The molecule has 0 saturated carbocycles. The van der Waals surface area contributed by atoms with Gasteiger partial charge in [-0.2, -0.15) is 0 Å². The van der Waals surface area contributed by atoms with Crippen molar-refractivity contribution in [3.05, 3.63) is 199 Å². The van der Waals surface area contributed by atoms with Gasteiger partial charge in [-0.05, 0) is 122 Å². The van der Waals surface area contributed by atoms with Crippen LogP contribution in [0.2, 0.25) is 0 Å². The topological polar surface area (TPSA) is 15.7 Å². The van der Waals surface area contributed by atoms with Crippen molar-refractivity contribution in [1.29, 1.82) is 0 Å². The maximum absolute atomic E-state index is 7.02. The molecule has 2 aliphatic heterocycles. The molecule has 3 nitrogen and oxygen atoms in total. The van der Waals surface area contributed by atoms with Crippen LogP contribution < -0.4 is 30.9 Å². The number of anilines is 6. The Balaban J connectivity index is 1.08. The number of rotatable bonds is 4. The summed E-state index contributed by atoms with van der Waals surface area (Å²) in [4.78, 5) is 4.84. The fourth-order valence-electron chi connectivity index (χ4n) is 10.0. The quantitative estimate of drug-likeness (QED) is 0.168. The van der Waals surface area contributed by atoms with Crippen molar-refractivity contribution in [2.75, 3.05) is 9.80 Å². The van der Waals surface area contributed by atoms with Gasteiger partial charge in [0.15, 0.2) is 0 Å². The molecule has 0 bridgehead atoms. The van der Waals surface area contributed by atoms with Crippen LogP contribution in [-0.4, -0.2) is 6.71 Å². The number of hydrogen-bond donors (Lipinski definition) is 0. The van der Waals surface area contributed by atoms with Crippen molar-refractivity contribution >= 4 is 78.8 Å². The molecule has 0 unspecified atom stereocenters. The van der Waals surface area contributed by atoms with Crippen molar-refractivity contribution < 1.29 is 4.74 Å². The van der Waals surface area contributed by atoms with E-state index in [0.29, 0.717) is 0 Å². The Morgan fingerprint density at radius 2 is 1.21 bits per heavy atom. The van der Waals surface area contributed by atoms with Crippen LogP contribution >= 0.6 is 0 Å². The lowest BCUT2D eigenvalue weighted by atomic mass is 9.34. The average molecular weight is 729 g/mol. The Morgan fingerprint density at radius 3 is 2.05 bits per heavy atom. The molecule has 268 valence electrons. The number of benzene rings is 9. The summed E-state index contributed by atoms with van der Waals surface area (Å²) in [6, 6.07) is 68.6. The van der Waals surface area contributed by atoms with Gasteiger partial charge < -0.3 is 14.5 Å². The highest BCUT2D eigenvalue weighted by Crippen LogP contribution is 2.55. The van der Waals surface area contributed by atoms with Crippen LogP contribution in [0, 0.1) is 0 Å². The third-order valence-electron chi connectivity index (χ3n) is 12.6. The molecule has 3 aliphatic rings. The van der Waals surface area contributed by atoms with E-state index in [0.717, 1.165) is 28.6 Å². The van der Waals surface area contributed by atoms with E-state index in [1.54, 1.807) is 0 Å². The SMILES string of the molecule is CC1(C)c2cc3c(cc2-c2c1cc(N(c1ccccc1)c1ccc4ccccc4c1)c1ccccc21)Oc1cccc2c1B3c1ccccc1N2c1ccccc1. The van der Waals surface area contributed by atoms with Crippen LogP contribution in [0.3, 0.4) is 0 Å². The predicted molar refractivity (Wildman–Crippen MR) is 240 cm³/mol. The second-order valence-corrected chi connectivity index (χ2v) is 16.1. The van der Waals surface area contributed by atoms with Crippen LogP contribution in [0.4, 0.5) is 34.1 Å². The maximum atomic E-state index is 7.02. The van der Waals surface area contributed by atoms with Gasteiger partial charge in [-0.1, -0.05) is 135 Å². The van der Waals surface area contributed by atoms with Gasteiger partial charge >= 0.3 is 0 Å². The zero-order valence-corrected chi connectivity index (χ0v) is 31.8. The van der Waals surface area contributed by atoms with Crippen molar-refractivity contribution in [3.8, 4) is 22.6 Å². The van der Waals surface area contributed by atoms with Gasteiger partial charge in [0.25, 0.3) is 6.71 Å².